The van der Waals surface area contributed by atoms with Gasteiger partial charge in [-0.3, -0.25) is 0 Å². The fraction of sp³-hybridized carbons (Fsp3) is 0.286. The van der Waals surface area contributed by atoms with Crippen molar-refractivity contribution in [1.82, 2.24) is 0 Å². The molecule has 0 fully saturated rings. The Morgan fingerprint density at radius 2 is 1.93 bits per heavy atom. The lowest BCUT2D eigenvalue weighted by molar-refractivity contribution is -0.152. The number of benzene rings is 2. The first-order chi connectivity index (χ1) is 12.7. The third-order valence-electron chi connectivity index (χ3n) is 3.56. The standard InChI is InChI=1S/C21H20ClFO3S/c1-4-11-27-17-8-9-18(23)14(13-17)5-6-15-12-16(22)7-10-19(15)26-21(2,3)20(24)25/h7-10,12-13H,4,11H2,1-3H3,(H,24,25). The van der Waals surface area contributed by atoms with Crippen LogP contribution in [0.5, 0.6) is 5.75 Å². The number of hydrogen-bond donors (Lipinski definition) is 1. The number of carbonyl (C=O) groups is 1. The highest BCUT2D eigenvalue weighted by molar-refractivity contribution is 7.99. The Balaban J connectivity index is 2.38. The van der Waals surface area contributed by atoms with Crippen LogP contribution in [0.1, 0.15) is 38.3 Å². The van der Waals surface area contributed by atoms with Crippen molar-refractivity contribution in [2.45, 2.75) is 37.7 Å². The van der Waals surface area contributed by atoms with Crippen LogP contribution in [0.15, 0.2) is 41.3 Å². The lowest BCUT2D eigenvalue weighted by atomic mass is 10.1. The van der Waals surface area contributed by atoms with Gasteiger partial charge in [-0.25, -0.2) is 9.18 Å². The second kappa shape index (κ2) is 9.16. The second-order valence-electron chi connectivity index (χ2n) is 6.30. The van der Waals surface area contributed by atoms with Crippen molar-refractivity contribution in [2.75, 3.05) is 5.75 Å². The maximum Gasteiger partial charge on any atom is 0.347 e. The van der Waals surface area contributed by atoms with E-state index in [0.717, 1.165) is 17.1 Å². The molecule has 0 heterocycles. The maximum absolute atomic E-state index is 14.1. The molecule has 6 heteroatoms. The lowest BCUT2D eigenvalue weighted by Crippen LogP contribution is -2.38. The summed E-state index contributed by atoms with van der Waals surface area (Å²) in [6.07, 6.45) is 1.02. The highest BCUT2D eigenvalue weighted by Gasteiger charge is 2.30. The molecule has 0 atom stereocenters. The van der Waals surface area contributed by atoms with Gasteiger partial charge < -0.3 is 9.84 Å². The number of carboxylic acids is 1. The third kappa shape index (κ3) is 5.92. The SMILES string of the molecule is CCCSc1ccc(F)c(C#Cc2cc(Cl)ccc2OC(C)(C)C(=O)O)c1. The van der Waals surface area contributed by atoms with Crippen molar-refractivity contribution >= 4 is 29.3 Å². The third-order valence-corrected chi connectivity index (χ3v) is 5.00. The number of thioether (sulfide) groups is 1. The van der Waals surface area contributed by atoms with Gasteiger partial charge in [-0.2, -0.15) is 0 Å². The van der Waals surface area contributed by atoms with Crippen molar-refractivity contribution in [3.8, 4) is 17.6 Å². The molecule has 142 valence electrons. The normalized spacial score (nSPS) is 10.9. The van der Waals surface area contributed by atoms with E-state index in [-0.39, 0.29) is 11.3 Å². The summed E-state index contributed by atoms with van der Waals surface area (Å²) in [5.74, 6) is 5.35. The zero-order chi connectivity index (χ0) is 20.0. The molecule has 1 N–H and O–H groups in total. The minimum Gasteiger partial charge on any atom is -0.478 e. The molecule has 0 amide bonds. The van der Waals surface area contributed by atoms with Gasteiger partial charge >= 0.3 is 5.97 Å². The van der Waals surface area contributed by atoms with Crippen molar-refractivity contribution in [3.05, 3.63) is 58.4 Å². The number of ether oxygens (including phenoxy) is 1. The summed E-state index contributed by atoms with van der Waals surface area (Å²) in [6.45, 7) is 4.96. The van der Waals surface area contributed by atoms with Crippen molar-refractivity contribution in [1.29, 1.82) is 0 Å². The fourth-order valence-corrected chi connectivity index (χ4v) is 3.03. The predicted molar refractivity (Wildman–Crippen MR) is 107 cm³/mol. The minimum atomic E-state index is -1.44. The van der Waals surface area contributed by atoms with E-state index in [1.807, 2.05) is 0 Å². The topological polar surface area (TPSA) is 46.5 Å². The zero-order valence-corrected chi connectivity index (χ0v) is 16.9. The van der Waals surface area contributed by atoms with Gasteiger partial charge in [0.2, 0.25) is 0 Å². The van der Waals surface area contributed by atoms with Crippen LogP contribution < -0.4 is 4.74 Å². The van der Waals surface area contributed by atoms with Gasteiger partial charge in [-0.15, -0.1) is 11.8 Å². The molecule has 0 bridgehead atoms. The molecule has 27 heavy (non-hydrogen) atoms. The van der Waals surface area contributed by atoms with Crippen molar-refractivity contribution in [3.63, 3.8) is 0 Å². The van der Waals surface area contributed by atoms with Crippen LogP contribution in [-0.2, 0) is 4.79 Å². The highest BCUT2D eigenvalue weighted by Crippen LogP contribution is 2.27. The van der Waals surface area contributed by atoms with Crippen LogP contribution in [0.3, 0.4) is 0 Å². The van der Waals surface area contributed by atoms with Crippen molar-refractivity contribution in [2.24, 2.45) is 0 Å². The molecule has 0 radical (unpaired) electrons. The maximum atomic E-state index is 14.1. The van der Waals surface area contributed by atoms with Gasteiger partial charge in [0.15, 0.2) is 5.60 Å². The van der Waals surface area contributed by atoms with Gasteiger partial charge in [0, 0.05) is 9.92 Å². The molecule has 0 aliphatic carbocycles. The molecule has 2 aromatic rings. The Morgan fingerprint density at radius 3 is 2.59 bits per heavy atom. The molecule has 2 rings (SSSR count). The van der Waals surface area contributed by atoms with Crippen LogP contribution in [0.25, 0.3) is 0 Å². The van der Waals surface area contributed by atoms with Gasteiger partial charge in [-0.1, -0.05) is 30.4 Å². The number of carboxylic acid groups (broad SMARTS) is 1. The molecule has 3 nitrogen and oxygen atoms in total. The summed E-state index contributed by atoms with van der Waals surface area (Å²) in [5, 5.41) is 9.68. The molecule has 0 aliphatic rings. The molecule has 0 unspecified atom stereocenters. The summed E-state index contributed by atoms with van der Waals surface area (Å²) < 4.78 is 19.7. The molecule has 0 aliphatic heterocycles. The summed E-state index contributed by atoms with van der Waals surface area (Å²) in [7, 11) is 0. The largest absolute Gasteiger partial charge is 0.478 e. The summed E-state index contributed by atoms with van der Waals surface area (Å²) >= 11 is 7.67. The molecular weight excluding hydrogens is 387 g/mol. The van der Waals surface area contributed by atoms with Gasteiger partial charge in [0.05, 0.1) is 11.1 Å². The van der Waals surface area contributed by atoms with Crippen LogP contribution >= 0.6 is 23.4 Å². The van der Waals surface area contributed by atoms with Gasteiger partial charge in [-0.05, 0) is 62.4 Å². The molecule has 0 aromatic heterocycles. The first-order valence-electron chi connectivity index (χ1n) is 8.39. The van der Waals surface area contributed by atoms with E-state index in [9.17, 15) is 14.3 Å². The quantitative estimate of drug-likeness (QED) is 0.499. The van der Waals surface area contributed by atoms with Crippen LogP contribution in [0.2, 0.25) is 5.02 Å². The molecule has 0 spiro atoms. The number of aliphatic carboxylic acids is 1. The summed E-state index contributed by atoms with van der Waals surface area (Å²) in [6, 6.07) is 9.53. The first kappa shape index (κ1) is 21.1. The average molecular weight is 407 g/mol. The Morgan fingerprint density at radius 1 is 1.22 bits per heavy atom. The summed E-state index contributed by atoms with van der Waals surface area (Å²) in [5.41, 5.74) is -0.783. The van der Waals surface area contributed by atoms with E-state index >= 15 is 0 Å². The Hall–Kier alpha value is -2.16. The Labute approximate surface area is 167 Å². The second-order valence-corrected chi connectivity index (χ2v) is 7.90. The van der Waals surface area contributed by atoms with E-state index < -0.39 is 17.4 Å². The Kier molecular flexibility index (Phi) is 7.18. The molecule has 2 aromatic carbocycles. The highest BCUT2D eigenvalue weighted by atomic mass is 35.5. The molecular formula is C21H20ClFO3S. The van der Waals surface area contributed by atoms with E-state index in [1.165, 1.54) is 19.9 Å². The van der Waals surface area contributed by atoms with E-state index in [0.29, 0.717) is 10.6 Å². The average Bonchev–Trinajstić information content (AvgIpc) is 2.61. The van der Waals surface area contributed by atoms with Crippen LogP contribution in [0, 0.1) is 17.7 Å². The molecule has 0 saturated carbocycles. The Bertz CT molecular complexity index is 900. The lowest BCUT2D eigenvalue weighted by Gasteiger charge is -2.22. The van der Waals surface area contributed by atoms with E-state index in [4.69, 9.17) is 16.3 Å². The fourth-order valence-electron chi connectivity index (χ4n) is 2.05. The minimum absolute atomic E-state index is 0.263. The smallest absolute Gasteiger partial charge is 0.347 e. The monoisotopic (exact) mass is 406 g/mol. The zero-order valence-electron chi connectivity index (χ0n) is 15.3. The van der Waals surface area contributed by atoms with Crippen LogP contribution in [-0.4, -0.2) is 22.4 Å². The summed E-state index contributed by atoms with van der Waals surface area (Å²) in [4.78, 5) is 12.3. The van der Waals surface area contributed by atoms with Gasteiger partial charge in [0.1, 0.15) is 11.6 Å². The number of hydrogen-bond acceptors (Lipinski definition) is 3. The number of rotatable bonds is 6. The molecule has 0 saturated heterocycles. The van der Waals surface area contributed by atoms with E-state index in [1.54, 1.807) is 42.1 Å². The van der Waals surface area contributed by atoms with E-state index in [2.05, 4.69) is 18.8 Å². The van der Waals surface area contributed by atoms with Crippen molar-refractivity contribution < 1.29 is 19.0 Å². The first-order valence-corrected chi connectivity index (χ1v) is 9.75. The number of halogens is 2. The predicted octanol–water partition coefficient (Wildman–Crippen LogP) is 5.62. The van der Waals surface area contributed by atoms with Gasteiger partial charge in [0.25, 0.3) is 0 Å². The van der Waals surface area contributed by atoms with Crippen LogP contribution in [0.4, 0.5) is 4.39 Å².